The number of hydrogen-bond donors (Lipinski definition) is 2. The molecule has 6 heteroatoms. The van der Waals surface area contributed by atoms with Crippen LogP contribution < -0.4 is 10.9 Å². The fourth-order valence-electron chi connectivity index (χ4n) is 6.01. The Labute approximate surface area is 157 Å². The van der Waals surface area contributed by atoms with Crippen LogP contribution in [0.3, 0.4) is 0 Å². The van der Waals surface area contributed by atoms with Crippen molar-refractivity contribution in [1.82, 2.24) is 20.3 Å². The van der Waals surface area contributed by atoms with Gasteiger partial charge in [0.2, 0.25) is 0 Å². The van der Waals surface area contributed by atoms with Gasteiger partial charge >= 0.3 is 0 Å². The number of hydrogen-bond acceptors (Lipinski definition) is 4. The summed E-state index contributed by atoms with van der Waals surface area (Å²) >= 11 is 0. The second-order valence-electron chi connectivity index (χ2n) is 8.71. The minimum atomic E-state index is -0.391. The Balaban J connectivity index is 1.35. The quantitative estimate of drug-likeness (QED) is 0.873. The van der Waals surface area contributed by atoms with E-state index in [1.165, 1.54) is 25.5 Å². The number of carbonyl (C=O) groups excluding carboxylic acids is 1. The molecule has 0 unspecified atom stereocenters. The van der Waals surface area contributed by atoms with E-state index in [0.717, 1.165) is 48.4 Å². The van der Waals surface area contributed by atoms with E-state index in [9.17, 15) is 9.59 Å². The van der Waals surface area contributed by atoms with Crippen molar-refractivity contribution >= 4 is 5.91 Å². The molecule has 4 bridgehead atoms. The fraction of sp³-hybridized carbons (Fsp3) is 0.524. The molecule has 140 valence electrons. The number of nitrogens with zero attached hydrogens (tertiary/aromatic N) is 2. The SMILES string of the molecule is O=C(NCc1ccncc1)c1cnc(C23CC4CC(CC(C4)C2)C3)[nH]c1=O. The lowest BCUT2D eigenvalue weighted by atomic mass is 9.49. The first-order chi connectivity index (χ1) is 13.1. The Morgan fingerprint density at radius 2 is 1.74 bits per heavy atom. The average molecular weight is 364 g/mol. The third-order valence-corrected chi connectivity index (χ3v) is 6.79. The van der Waals surface area contributed by atoms with Gasteiger partial charge < -0.3 is 10.3 Å². The first-order valence-electron chi connectivity index (χ1n) is 9.88. The van der Waals surface area contributed by atoms with Gasteiger partial charge in [0.25, 0.3) is 11.5 Å². The van der Waals surface area contributed by atoms with Gasteiger partial charge in [-0.15, -0.1) is 0 Å². The fourth-order valence-corrected chi connectivity index (χ4v) is 6.01. The van der Waals surface area contributed by atoms with E-state index < -0.39 is 5.91 Å². The van der Waals surface area contributed by atoms with Crippen molar-refractivity contribution in [3.63, 3.8) is 0 Å². The zero-order chi connectivity index (χ0) is 18.4. The highest BCUT2D eigenvalue weighted by Crippen LogP contribution is 2.59. The predicted octanol–water partition coefficient (Wildman–Crippen LogP) is 2.56. The zero-order valence-electron chi connectivity index (χ0n) is 15.3. The van der Waals surface area contributed by atoms with E-state index in [0.29, 0.717) is 6.54 Å². The molecular weight excluding hydrogens is 340 g/mol. The third kappa shape index (κ3) is 2.97. The molecule has 2 aromatic heterocycles. The minimum Gasteiger partial charge on any atom is -0.348 e. The summed E-state index contributed by atoms with van der Waals surface area (Å²) in [5, 5.41) is 2.78. The Morgan fingerprint density at radius 3 is 2.33 bits per heavy atom. The van der Waals surface area contributed by atoms with Crippen LogP contribution in [0.4, 0.5) is 0 Å². The van der Waals surface area contributed by atoms with Gasteiger partial charge in [-0.2, -0.15) is 0 Å². The normalized spacial score (nSPS) is 31.0. The molecule has 0 saturated heterocycles. The molecular formula is C21H24N4O2. The second kappa shape index (κ2) is 6.29. The van der Waals surface area contributed by atoms with Crippen molar-refractivity contribution in [3.05, 3.63) is 58.0 Å². The number of aromatic amines is 1. The summed E-state index contributed by atoms with van der Waals surface area (Å²) in [4.78, 5) is 36.5. The van der Waals surface area contributed by atoms with Crippen molar-refractivity contribution in [2.24, 2.45) is 17.8 Å². The van der Waals surface area contributed by atoms with Crippen LogP contribution in [0.2, 0.25) is 0 Å². The molecule has 27 heavy (non-hydrogen) atoms. The molecule has 2 N–H and O–H groups in total. The molecule has 0 aromatic carbocycles. The molecule has 1 amide bonds. The van der Waals surface area contributed by atoms with Crippen LogP contribution in [0.15, 0.2) is 35.5 Å². The van der Waals surface area contributed by atoms with Gasteiger partial charge in [0.15, 0.2) is 0 Å². The number of H-pyrrole nitrogens is 1. The van der Waals surface area contributed by atoms with E-state index in [1.807, 2.05) is 12.1 Å². The molecule has 4 saturated carbocycles. The van der Waals surface area contributed by atoms with Crippen LogP contribution in [-0.2, 0) is 12.0 Å². The highest BCUT2D eigenvalue weighted by atomic mass is 16.2. The van der Waals surface area contributed by atoms with Crippen LogP contribution in [-0.4, -0.2) is 20.9 Å². The van der Waals surface area contributed by atoms with Crippen molar-refractivity contribution in [1.29, 1.82) is 0 Å². The smallest absolute Gasteiger partial charge is 0.263 e. The first kappa shape index (κ1) is 16.7. The molecule has 0 atom stereocenters. The first-order valence-corrected chi connectivity index (χ1v) is 9.88. The Kier molecular flexibility index (Phi) is 3.88. The van der Waals surface area contributed by atoms with Crippen molar-refractivity contribution in [2.45, 2.75) is 50.5 Å². The summed E-state index contributed by atoms with van der Waals surface area (Å²) in [6, 6.07) is 3.66. The Hall–Kier alpha value is -2.50. The third-order valence-electron chi connectivity index (χ3n) is 6.79. The van der Waals surface area contributed by atoms with Crippen LogP contribution in [0.5, 0.6) is 0 Å². The molecule has 4 aliphatic carbocycles. The lowest BCUT2D eigenvalue weighted by Gasteiger charge is -2.56. The number of aromatic nitrogens is 3. The van der Waals surface area contributed by atoms with Gasteiger partial charge in [-0.05, 0) is 74.0 Å². The molecule has 4 aliphatic rings. The maximum atomic E-state index is 12.6. The van der Waals surface area contributed by atoms with Crippen LogP contribution >= 0.6 is 0 Å². The summed E-state index contributed by atoms with van der Waals surface area (Å²) < 4.78 is 0. The zero-order valence-corrected chi connectivity index (χ0v) is 15.3. The summed E-state index contributed by atoms with van der Waals surface area (Å²) in [7, 11) is 0. The number of nitrogens with one attached hydrogen (secondary N) is 2. The number of amides is 1. The highest BCUT2D eigenvalue weighted by Gasteiger charge is 2.52. The summed E-state index contributed by atoms with van der Waals surface area (Å²) in [5.41, 5.74) is 0.716. The molecule has 6 nitrogen and oxygen atoms in total. The van der Waals surface area contributed by atoms with Gasteiger partial charge in [-0.3, -0.25) is 14.6 Å². The van der Waals surface area contributed by atoms with E-state index in [4.69, 9.17) is 0 Å². The lowest BCUT2D eigenvalue weighted by Crippen LogP contribution is -2.50. The Morgan fingerprint density at radius 1 is 1.11 bits per heavy atom. The topological polar surface area (TPSA) is 87.7 Å². The maximum absolute atomic E-state index is 12.6. The average Bonchev–Trinajstić information content (AvgIpc) is 2.66. The molecule has 2 aromatic rings. The van der Waals surface area contributed by atoms with Gasteiger partial charge in [-0.25, -0.2) is 4.98 Å². The maximum Gasteiger partial charge on any atom is 0.263 e. The standard InChI is InChI=1S/C21H24N4O2/c26-18(23-11-13-1-3-22-4-2-13)17-12-24-20(25-19(17)27)21-8-14-5-15(9-21)7-16(6-14)10-21/h1-4,12,14-16H,5-11H2,(H,23,26)(H,24,25,27). The molecule has 0 spiro atoms. The summed E-state index contributed by atoms with van der Waals surface area (Å²) in [6.07, 6.45) is 12.3. The van der Waals surface area contributed by atoms with E-state index in [2.05, 4.69) is 20.3 Å². The molecule has 0 radical (unpaired) electrons. The number of pyridine rings is 1. The van der Waals surface area contributed by atoms with E-state index in [-0.39, 0.29) is 16.5 Å². The number of carbonyl (C=O) groups is 1. The van der Waals surface area contributed by atoms with E-state index in [1.54, 1.807) is 12.4 Å². The van der Waals surface area contributed by atoms with Gasteiger partial charge in [0.05, 0.1) is 0 Å². The highest BCUT2D eigenvalue weighted by molar-refractivity contribution is 5.93. The summed E-state index contributed by atoms with van der Waals surface area (Å²) in [6.45, 7) is 0.359. The van der Waals surface area contributed by atoms with Gasteiger partial charge in [0.1, 0.15) is 11.4 Å². The largest absolute Gasteiger partial charge is 0.348 e. The van der Waals surface area contributed by atoms with Crippen molar-refractivity contribution in [2.75, 3.05) is 0 Å². The monoisotopic (exact) mass is 364 g/mol. The molecule has 2 heterocycles. The van der Waals surface area contributed by atoms with Crippen molar-refractivity contribution < 1.29 is 4.79 Å². The second-order valence-corrected chi connectivity index (χ2v) is 8.71. The summed E-state index contributed by atoms with van der Waals surface area (Å²) in [5.74, 6) is 2.76. The van der Waals surface area contributed by atoms with Gasteiger partial charge in [0, 0.05) is 30.6 Å². The lowest BCUT2D eigenvalue weighted by molar-refractivity contribution is -0.00953. The van der Waals surface area contributed by atoms with Crippen LogP contribution in [0, 0.1) is 17.8 Å². The molecule has 0 aliphatic heterocycles. The molecule has 4 fully saturated rings. The Bertz CT molecular complexity index is 886. The number of rotatable bonds is 4. The van der Waals surface area contributed by atoms with E-state index >= 15 is 0 Å². The van der Waals surface area contributed by atoms with Crippen molar-refractivity contribution in [3.8, 4) is 0 Å². The van der Waals surface area contributed by atoms with Crippen LogP contribution in [0.1, 0.15) is 60.3 Å². The van der Waals surface area contributed by atoms with Crippen LogP contribution in [0.25, 0.3) is 0 Å². The van der Waals surface area contributed by atoms with Gasteiger partial charge in [-0.1, -0.05) is 0 Å². The molecule has 6 rings (SSSR count). The minimum absolute atomic E-state index is 0.0277. The predicted molar refractivity (Wildman–Crippen MR) is 100 cm³/mol.